The number of nitrogens with zero attached hydrogens (tertiary/aromatic N) is 2. The van der Waals surface area contributed by atoms with E-state index in [9.17, 15) is 9.59 Å². The Labute approximate surface area is 107 Å². The van der Waals surface area contributed by atoms with Gasteiger partial charge in [-0.2, -0.15) is 10.2 Å². The third kappa shape index (κ3) is 9.67. The summed E-state index contributed by atoms with van der Waals surface area (Å²) in [5, 5.41) is 7.46. The fourth-order valence-corrected chi connectivity index (χ4v) is 0.540. The highest BCUT2D eigenvalue weighted by Crippen LogP contribution is 1.97. The summed E-state index contributed by atoms with van der Waals surface area (Å²) in [4.78, 5) is 21.2. The summed E-state index contributed by atoms with van der Waals surface area (Å²) in [6, 6.07) is 0. The van der Waals surface area contributed by atoms with Crippen LogP contribution < -0.4 is 11.5 Å². The van der Waals surface area contributed by atoms with E-state index in [0.717, 1.165) is 0 Å². The van der Waals surface area contributed by atoms with Gasteiger partial charge in [-0.15, -0.1) is 24.8 Å². The summed E-state index contributed by atoms with van der Waals surface area (Å²) >= 11 is 0. The van der Waals surface area contributed by atoms with Crippen LogP contribution in [0.25, 0.3) is 0 Å². The Morgan fingerprint density at radius 3 is 1.38 bits per heavy atom. The van der Waals surface area contributed by atoms with Crippen molar-refractivity contribution in [1.29, 1.82) is 0 Å². The van der Waals surface area contributed by atoms with Gasteiger partial charge in [-0.1, -0.05) is 13.8 Å². The van der Waals surface area contributed by atoms with Crippen LogP contribution in [0.3, 0.4) is 0 Å². The van der Waals surface area contributed by atoms with Crippen LogP contribution >= 0.6 is 24.8 Å². The summed E-state index contributed by atoms with van der Waals surface area (Å²) in [5.41, 5.74) is 10.0. The highest BCUT2D eigenvalue weighted by atomic mass is 35.5. The summed E-state index contributed by atoms with van der Waals surface area (Å²) in [6.45, 7) is 3.83. The minimum atomic E-state index is -0.410. The van der Waals surface area contributed by atoms with Crippen LogP contribution in [-0.4, -0.2) is 24.9 Å². The Morgan fingerprint density at radius 2 is 1.19 bits per heavy atom. The van der Waals surface area contributed by atoms with E-state index in [4.69, 9.17) is 11.5 Å². The topological polar surface area (TPSA) is 111 Å². The van der Waals surface area contributed by atoms with Gasteiger partial charge >= 0.3 is 0 Å². The molecule has 0 fully saturated rings. The maximum atomic E-state index is 10.6. The third-order valence-corrected chi connectivity index (χ3v) is 1.78. The minimum Gasteiger partial charge on any atom is -0.369 e. The molecule has 0 spiro atoms. The highest BCUT2D eigenvalue weighted by Gasteiger charge is 2.08. The maximum absolute atomic E-state index is 10.6. The molecule has 0 radical (unpaired) electrons. The molecule has 0 aliphatic heterocycles. The van der Waals surface area contributed by atoms with Gasteiger partial charge in [0.15, 0.2) is 0 Å². The first-order valence-electron chi connectivity index (χ1n) is 4.37. The molecule has 0 saturated heterocycles. The first-order chi connectivity index (χ1) is 6.45. The quantitative estimate of drug-likeness (QED) is 0.688. The largest absolute Gasteiger partial charge is 0.369 e. The monoisotopic (exact) mass is 272 g/mol. The van der Waals surface area contributed by atoms with Crippen molar-refractivity contribution in [2.45, 2.75) is 13.8 Å². The van der Waals surface area contributed by atoms with E-state index in [0.29, 0.717) is 0 Å². The van der Waals surface area contributed by atoms with Gasteiger partial charge in [0.2, 0.25) is 11.8 Å². The Morgan fingerprint density at radius 1 is 0.938 bits per heavy atom. The van der Waals surface area contributed by atoms with E-state index in [1.165, 1.54) is 0 Å². The summed E-state index contributed by atoms with van der Waals surface area (Å²) in [6.07, 6.45) is 0. The second-order valence-corrected chi connectivity index (χ2v) is 3.25. The van der Waals surface area contributed by atoms with E-state index in [2.05, 4.69) is 10.2 Å². The lowest BCUT2D eigenvalue weighted by Crippen LogP contribution is -2.23. The molecule has 2 amide bonds. The van der Waals surface area contributed by atoms with Crippen molar-refractivity contribution in [3.63, 3.8) is 0 Å². The molecule has 2 unspecified atom stereocenters. The molecule has 6 nitrogen and oxygen atoms in total. The molecule has 0 saturated carbocycles. The van der Waals surface area contributed by atoms with Gasteiger partial charge in [0.1, 0.15) is 0 Å². The van der Waals surface area contributed by atoms with Crippen LogP contribution in [0.2, 0.25) is 0 Å². The number of carbonyl (C=O) groups excluding carboxylic acids is 2. The molecule has 0 aliphatic rings. The molecule has 0 bridgehead atoms. The number of azo groups is 1. The smallest absolute Gasteiger partial charge is 0.222 e. The lowest BCUT2D eigenvalue weighted by molar-refractivity contribution is -0.122. The zero-order valence-corrected chi connectivity index (χ0v) is 10.9. The number of primary amides is 2. The van der Waals surface area contributed by atoms with Gasteiger partial charge in [-0.3, -0.25) is 9.59 Å². The zero-order valence-electron chi connectivity index (χ0n) is 9.25. The van der Waals surface area contributed by atoms with Crippen molar-refractivity contribution in [2.75, 3.05) is 13.1 Å². The standard InChI is InChI=1S/C8H16N4O2.2ClH/c1-5(7(9)13)3-11-12-4-6(2)8(10)14;;/h5-6H,3-4H2,1-2H3,(H2,9,13)(H2,10,14);2*1H. The molecule has 16 heavy (non-hydrogen) atoms. The van der Waals surface area contributed by atoms with Gasteiger partial charge in [0.05, 0.1) is 24.9 Å². The first-order valence-corrected chi connectivity index (χ1v) is 4.37. The summed E-state index contributed by atoms with van der Waals surface area (Å²) < 4.78 is 0. The van der Waals surface area contributed by atoms with Crippen LogP contribution in [0, 0.1) is 11.8 Å². The van der Waals surface area contributed by atoms with Crippen molar-refractivity contribution in [3.05, 3.63) is 0 Å². The molecule has 0 aliphatic carbocycles. The molecule has 2 atom stereocenters. The average Bonchev–Trinajstić information content (AvgIpc) is 2.11. The zero-order chi connectivity index (χ0) is 11.1. The molecule has 0 rings (SSSR count). The fraction of sp³-hybridized carbons (Fsp3) is 0.750. The van der Waals surface area contributed by atoms with Crippen LogP contribution in [0.15, 0.2) is 10.2 Å². The Kier molecular flexibility index (Phi) is 13.6. The second kappa shape index (κ2) is 10.6. The molecule has 4 N–H and O–H groups in total. The molecule has 0 aromatic rings. The van der Waals surface area contributed by atoms with Gasteiger partial charge < -0.3 is 11.5 Å². The highest BCUT2D eigenvalue weighted by molar-refractivity contribution is 5.85. The Hall–Kier alpha value is -0.880. The second-order valence-electron chi connectivity index (χ2n) is 3.25. The molecular weight excluding hydrogens is 255 g/mol. The predicted octanol–water partition coefficient (Wildman–Crippen LogP) is 0.525. The van der Waals surface area contributed by atoms with Crippen molar-refractivity contribution >= 4 is 36.6 Å². The number of amides is 2. The number of hydrogen-bond acceptors (Lipinski definition) is 4. The Bertz CT molecular complexity index is 224. The molecule has 0 heterocycles. The maximum Gasteiger partial charge on any atom is 0.222 e. The molecule has 0 aromatic heterocycles. The van der Waals surface area contributed by atoms with Crippen molar-refractivity contribution in [1.82, 2.24) is 0 Å². The van der Waals surface area contributed by atoms with Crippen molar-refractivity contribution < 1.29 is 9.59 Å². The normalized spacial score (nSPS) is 13.4. The van der Waals surface area contributed by atoms with Crippen LogP contribution in [0.5, 0.6) is 0 Å². The van der Waals surface area contributed by atoms with Gasteiger partial charge in [0.25, 0.3) is 0 Å². The minimum absolute atomic E-state index is 0. The Balaban J connectivity index is -0.000000845. The molecule has 8 heteroatoms. The average molecular weight is 273 g/mol. The number of rotatable bonds is 6. The van der Waals surface area contributed by atoms with Crippen LogP contribution in [-0.2, 0) is 9.59 Å². The van der Waals surface area contributed by atoms with Crippen molar-refractivity contribution in [2.24, 2.45) is 33.5 Å². The summed E-state index contributed by atoms with van der Waals surface area (Å²) in [5.74, 6) is -1.48. The van der Waals surface area contributed by atoms with E-state index < -0.39 is 11.8 Å². The third-order valence-electron chi connectivity index (χ3n) is 1.78. The van der Waals surface area contributed by atoms with Crippen LogP contribution in [0.4, 0.5) is 0 Å². The van der Waals surface area contributed by atoms with Crippen LogP contribution in [0.1, 0.15) is 13.8 Å². The van der Waals surface area contributed by atoms with E-state index >= 15 is 0 Å². The number of nitrogens with two attached hydrogens (primary N) is 2. The number of halogens is 2. The number of hydrogen-bond donors (Lipinski definition) is 2. The fourth-order valence-electron chi connectivity index (χ4n) is 0.540. The van der Waals surface area contributed by atoms with E-state index in [1.54, 1.807) is 13.8 Å². The lowest BCUT2D eigenvalue weighted by atomic mass is 10.2. The molecule has 0 aromatic carbocycles. The van der Waals surface area contributed by atoms with E-state index in [1.807, 2.05) is 0 Å². The van der Waals surface area contributed by atoms with E-state index in [-0.39, 0.29) is 49.7 Å². The SMILES string of the molecule is CC(CN=NCC(C)C(N)=O)C(N)=O.Cl.Cl. The predicted molar refractivity (Wildman–Crippen MR) is 65.8 cm³/mol. The van der Waals surface area contributed by atoms with Crippen molar-refractivity contribution in [3.8, 4) is 0 Å². The first kappa shape index (κ1) is 20.5. The summed E-state index contributed by atoms with van der Waals surface area (Å²) in [7, 11) is 0. The molecule has 96 valence electrons. The lowest BCUT2D eigenvalue weighted by Gasteiger charge is -2.02. The number of carbonyl (C=O) groups is 2. The van der Waals surface area contributed by atoms with Gasteiger partial charge in [0, 0.05) is 0 Å². The van der Waals surface area contributed by atoms with Gasteiger partial charge in [-0.25, -0.2) is 0 Å². The van der Waals surface area contributed by atoms with Gasteiger partial charge in [-0.05, 0) is 0 Å². The molecular formula is C8H18Cl2N4O2.